The Morgan fingerprint density at radius 1 is 1.45 bits per heavy atom. The Bertz CT molecular complexity index is 614. The maximum absolute atomic E-state index is 12.1. The third-order valence-corrected chi connectivity index (χ3v) is 3.52. The summed E-state index contributed by atoms with van der Waals surface area (Å²) < 4.78 is 0. The summed E-state index contributed by atoms with van der Waals surface area (Å²) in [6.07, 6.45) is 0. The molecule has 0 spiro atoms. The standard InChI is InChI=1S/C15H19N3OS/c1-10-18-13(8-20-10)11-5-4-6-12(7-11)14(19)17-9-15(2,3)16/h4-8H,9,16H2,1-3H3,(H,17,19). The van der Waals surface area contributed by atoms with Crippen molar-refractivity contribution >= 4 is 17.2 Å². The summed E-state index contributed by atoms with van der Waals surface area (Å²) in [6.45, 7) is 6.16. The first-order chi connectivity index (χ1) is 9.35. The van der Waals surface area contributed by atoms with Crippen molar-refractivity contribution in [2.75, 3.05) is 6.54 Å². The smallest absolute Gasteiger partial charge is 0.251 e. The Hall–Kier alpha value is -1.72. The zero-order chi connectivity index (χ0) is 14.8. The Labute approximate surface area is 123 Å². The van der Waals surface area contributed by atoms with E-state index in [4.69, 9.17) is 5.73 Å². The van der Waals surface area contributed by atoms with Gasteiger partial charge in [-0.3, -0.25) is 4.79 Å². The normalized spacial score (nSPS) is 11.4. The minimum Gasteiger partial charge on any atom is -0.350 e. The minimum absolute atomic E-state index is 0.114. The summed E-state index contributed by atoms with van der Waals surface area (Å²) in [4.78, 5) is 16.5. The average molecular weight is 289 g/mol. The molecule has 2 aromatic rings. The van der Waals surface area contributed by atoms with Crippen molar-refractivity contribution in [1.29, 1.82) is 0 Å². The first-order valence-electron chi connectivity index (χ1n) is 6.45. The molecule has 4 nitrogen and oxygen atoms in total. The highest BCUT2D eigenvalue weighted by atomic mass is 32.1. The Morgan fingerprint density at radius 3 is 2.80 bits per heavy atom. The number of thiazole rings is 1. The van der Waals surface area contributed by atoms with Gasteiger partial charge >= 0.3 is 0 Å². The zero-order valence-electron chi connectivity index (χ0n) is 11.9. The van der Waals surface area contributed by atoms with Crippen LogP contribution in [0.5, 0.6) is 0 Å². The highest BCUT2D eigenvalue weighted by molar-refractivity contribution is 7.09. The van der Waals surface area contributed by atoms with Crippen molar-refractivity contribution in [2.24, 2.45) is 5.73 Å². The third kappa shape index (κ3) is 3.88. The first kappa shape index (κ1) is 14.7. The van der Waals surface area contributed by atoms with Crippen LogP contribution in [0.2, 0.25) is 0 Å². The second kappa shape index (κ2) is 5.73. The molecule has 1 aromatic heterocycles. The highest BCUT2D eigenvalue weighted by Gasteiger charge is 2.14. The number of aryl methyl sites for hydroxylation is 1. The molecule has 0 aliphatic rings. The van der Waals surface area contributed by atoms with Gasteiger partial charge in [0.05, 0.1) is 10.7 Å². The van der Waals surface area contributed by atoms with Crippen LogP contribution >= 0.6 is 11.3 Å². The second-order valence-electron chi connectivity index (χ2n) is 5.50. The average Bonchev–Trinajstić information content (AvgIpc) is 2.82. The topological polar surface area (TPSA) is 68.0 Å². The van der Waals surface area contributed by atoms with Crippen LogP contribution in [-0.4, -0.2) is 23.0 Å². The van der Waals surface area contributed by atoms with Crippen LogP contribution in [0.3, 0.4) is 0 Å². The number of hydrogen-bond acceptors (Lipinski definition) is 4. The first-order valence-corrected chi connectivity index (χ1v) is 7.33. The van der Waals surface area contributed by atoms with Crippen LogP contribution < -0.4 is 11.1 Å². The number of carbonyl (C=O) groups excluding carboxylic acids is 1. The lowest BCUT2D eigenvalue weighted by Gasteiger charge is -2.18. The van der Waals surface area contributed by atoms with E-state index < -0.39 is 5.54 Å². The number of aromatic nitrogens is 1. The predicted octanol–water partition coefficient (Wildman–Crippen LogP) is 2.59. The van der Waals surface area contributed by atoms with E-state index in [1.54, 1.807) is 17.4 Å². The molecule has 0 saturated heterocycles. The summed E-state index contributed by atoms with van der Waals surface area (Å²) in [7, 11) is 0. The molecule has 0 saturated carbocycles. The number of rotatable bonds is 4. The van der Waals surface area contributed by atoms with Crippen molar-refractivity contribution in [1.82, 2.24) is 10.3 Å². The minimum atomic E-state index is -0.417. The van der Waals surface area contributed by atoms with Crippen molar-refractivity contribution in [3.63, 3.8) is 0 Å². The van der Waals surface area contributed by atoms with Crippen LogP contribution in [0, 0.1) is 6.92 Å². The largest absolute Gasteiger partial charge is 0.350 e. The van der Waals surface area contributed by atoms with Gasteiger partial charge in [-0.25, -0.2) is 4.98 Å². The number of nitrogens with two attached hydrogens (primary N) is 1. The molecule has 0 radical (unpaired) electrons. The van der Waals surface area contributed by atoms with E-state index >= 15 is 0 Å². The lowest BCUT2D eigenvalue weighted by Crippen LogP contribution is -2.45. The van der Waals surface area contributed by atoms with E-state index in [1.165, 1.54) is 0 Å². The van der Waals surface area contributed by atoms with Crippen molar-refractivity contribution in [3.05, 3.63) is 40.2 Å². The van der Waals surface area contributed by atoms with Crippen LogP contribution in [0.4, 0.5) is 0 Å². The maximum atomic E-state index is 12.1. The molecule has 1 aromatic carbocycles. The molecule has 0 aliphatic heterocycles. The van der Waals surface area contributed by atoms with E-state index in [2.05, 4.69) is 10.3 Å². The molecule has 3 N–H and O–H groups in total. The van der Waals surface area contributed by atoms with Gasteiger partial charge in [0.15, 0.2) is 0 Å². The molecule has 1 amide bonds. The molecule has 0 atom stereocenters. The number of nitrogens with zero attached hydrogens (tertiary/aromatic N) is 1. The zero-order valence-corrected chi connectivity index (χ0v) is 12.8. The number of hydrogen-bond donors (Lipinski definition) is 2. The quantitative estimate of drug-likeness (QED) is 0.909. The predicted molar refractivity (Wildman–Crippen MR) is 82.9 cm³/mol. The summed E-state index contributed by atoms with van der Waals surface area (Å²) in [5.74, 6) is -0.114. The number of nitrogens with one attached hydrogen (secondary N) is 1. The summed E-state index contributed by atoms with van der Waals surface area (Å²) in [5, 5.41) is 5.85. The van der Waals surface area contributed by atoms with Gasteiger partial charge in [0.2, 0.25) is 0 Å². The van der Waals surface area contributed by atoms with Gasteiger partial charge < -0.3 is 11.1 Å². The fourth-order valence-electron chi connectivity index (χ4n) is 1.73. The number of amides is 1. The monoisotopic (exact) mass is 289 g/mol. The van der Waals surface area contributed by atoms with Gasteiger partial charge in [-0.1, -0.05) is 12.1 Å². The van der Waals surface area contributed by atoms with Crippen LogP contribution in [0.15, 0.2) is 29.6 Å². The van der Waals surface area contributed by atoms with Gasteiger partial charge in [0.25, 0.3) is 5.91 Å². The SMILES string of the molecule is Cc1nc(-c2cccc(C(=O)NCC(C)(C)N)c2)cs1. The Balaban J connectivity index is 2.15. The molecule has 106 valence electrons. The molecular formula is C15H19N3OS. The molecule has 0 fully saturated rings. The highest BCUT2D eigenvalue weighted by Crippen LogP contribution is 2.22. The van der Waals surface area contributed by atoms with Gasteiger partial charge in [0, 0.05) is 28.6 Å². The van der Waals surface area contributed by atoms with Gasteiger partial charge in [-0.15, -0.1) is 11.3 Å². The molecule has 5 heteroatoms. The second-order valence-corrected chi connectivity index (χ2v) is 6.57. The molecule has 0 aliphatic carbocycles. The van der Waals surface area contributed by atoms with Crippen molar-refractivity contribution in [3.8, 4) is 11.3 Å². The maximum Gasteiger partial charge on any atom is 0.251 e. The summed E-state index contributed by atoms with van der Waals surface area (Å²) in [6, 6.07) is 7.47. The van der Waals surface area contributed by atoms with E-state index in [0.717, 1.165) is 16.3 Å². The molecule has 2 rings (SSSR count). The van der Waals surface area contributed by atoms with Crippen LogP contribution in [-0.2, 0) is 0 Å². The Kier molecular flexibility index (Phi) is 4.20. The van der Waals surface area contributed by atoms with Crippen molar-refractivity contribution < 1.29 is 4.79 Å². The van der Waals surface area contributed by atoms with E-state index in [-0.39, 0.29) is 5.91 Å². The lowest BCUT2D eigenvalue weighted by molar-refractivity contribution is 0.0946. The summed E-state index contributed by atoms with van der Waals surface area (Å²) in [5.41, 5.74) is 7.92. The van der Waals surface area contributed by atoms with E-state index in [0.29, 0.717) is 12.1 Å². The lowest BCUT2D eigenvalue weighted by atomic mass is 10.1. The molecule has 1 heterocycles. The molecule has 20 heavy (non-hydrogen) atoms. The Morgan fingerprint density at radius 2 is 2.20 bits per heavy atom. The number of carbonyl (C=O) groups is 1. The van der Waals surface area contributed by atoms with Crippen LogP contribution in [0.1, 0.15) is 29.2 Å². The van der Waals surface area contributed by atoms with E-state index in [9.17, 15) is 4.79 Å². The van der Waals surface area contributed by atoms with Crippen molar-refractivity contribution in [2.45, 2.75) is 26.3 Å². The molecule has 0 unspecified atom stereocenters. The van der Waals surface area contributed by atoms with Gasteiger partial charge in [-0.2, -0.15) is 0 Å². The van der Waals surface area contributed by atoms with Gasteiger partial charge in [0.1, 0.15) is 0 Å². The number of benzene rings is 1. The van der Waals surface area contributed by atoms with E-state index in [1.807, 2.05) is 44.4 Å². The van der Waals surface area contributed by atoms with Gasteiger partial charge in [-0.05, 0) is 32.9 Å². The fraction of sp³-hybridized carbons (Fsp3) is 0.333. The third-order valence-electron chi connectivity index (χ3n) is 2.74. The molecule has 0 bridgehead atoms. The molecular weight excluding hydrogens is 270 g/mol. The van der Waals surface area contributed by atoms with Crippen LogP contribution in [0.25, 0.3) is 11.3 Å². The fourth-order valence-corrected chi connectivity index (χ4v) is 2.35. The summed E-state index contributed by atoms with van der Waals surface area (Å²) >= 11 is 1.60.